The Balaban J connectivity index is 1.62. The molecule has 8 nitrogen and oxygen atoms in total. The van der Waals surface area contributed by atoms with Crippen molar-refractivity contribution in [3.05, 3.63) is 99.4 Å². The van der Waals surface area contributed by atoms with Crippen LogP contribution in [0.3, 0.4) is 0 Å². The number of nitrogens with two attached hydrogens (primary N) is 2. The molecule has 5 rings (SSSR count). The molecule has 0 bridgehead atoms. The zero-order chi connectivity index (χ0) is 28.3. The van der Waals surface area contributed by atoms with Crippen molar-refractivity contribution in [3.63, 3.8) is 0 Å². The van der Waals surface area contributed by atoms with Gasteiger partial charge in [-0.2, -0.15) is 0 Å². The standard InChI is InChI=1S/C28H29BClN3O5S/c1-17(31)24-14-18-8-5-13-23(30)25(18)26(34)33(24)21-11-6-9-19(15-21)28(4)27(2,3)37-29(38-28)20-10-7-12-22(16-20)39(32,35)36/h5-17H,31H2,1-4H3,(H2,32,35,36)/t17-,28?/m0/s1. The molecule has 1 saturated heterocycles. The Bertz CT molecular complexity index is 1770. The quantitative estimate of drug-likeness (QED) is 0.355. The summed E-state index contributed by atoms with van der Waals surface area (Å²) in [5.74, 6) is 0. The van der Waals surface area contributed by atoms with E-state index < -0.39 is 34.4 Å². The number of rotatable bonds is 5. The summed E-state index contributed by atoms with van der Waals surface area (Å²) in [6.07, 6.45) is 0. The first kappa shape index (κ1) is 27.6. The van der Waals surface area contributed by atoms with E-state index in [1.54, 1.807) is 28.8 Å². The van der Waals surface area contributed by atoms with Crippen LogP contribution in [0.1, 0.15) is 45.0 Å². The molecule has 0 amide bonds. The number of pyridine rings is 1. The Morgan fingerprint density at radius 3 is 2.36 bits per heavy atom. The zero-order valence-corrected chi connectivity index (χ0v) is 23.6. The summed E-state index contributed by atoms with van der Waals surface area (Å²) >= 11 is 6.44. The highest BCUT2D eigenvalue weighted by Gasteiger charge is 2.55. The molecule has 11 heteroatoms. The number of sulfonamides is 1. The topological polar surface area (TPSA) is 127 Å². The third kappa shape index (κ3) is 4.71. The molecule has 3 aromatic carbocycles. The van der Waals surface area contributed by atoms with Gasteiger partial charge in [0.25, 0.3) is 5.56 Å². The molecule has 1 unspecified atom stereocenters. The molecule has 1 aromatic heterocycles. The maximum atomic E-state index is 13.8. The van der Waals surface area contributed by atoms with Crippen molar-refractivity contribution < 1.29 is 17.7 Å². The van der Waals surface area contributed by atoms with Crippen LogP contribution in [0.4, 0.5) is 0 Å². The maximum absolute atomic E-state index is 13.8. The molecule has 1 aliphatic heterocycles. The molecule has 2 heterocycles. The number of halogens is 1. The van der Waals surface area contributed by atoms with Gasteiger partial charge in [0.1, 0.15) is 5.60 Å². The summed E-state index contributed by atoms with van der Waals surface area (Å²) in [6, 6.07) is 20.4. The lowest BCUT2D eigenvalue weighted by Gasteiger charge is -2.37. The smallest absolute Gasteiger partial charge is 0.399 e. The van der Waals surface area contributed by atoms with Gasteiger partial charge in [-0.05, 0) is 80.5 Å². The van der Waals surface area contributed by atoms with Crippen LogP contribution in [0.5, 0.6) is 0 Å². The Morgan fingerprint density at radius 2 is 1.67 bits per heavy atom. The Hall–Kier alpha value is -2.99. The first-order chi connectivity index (χ1) is 18.2. The van der Waals surface area contributed by atoms with Gasteiger partial charge in [-0.25, -0.2) is 13.6 Å². The molecule has 39 heavy (non-hydrogen) atoms. The SMILES string of the molecule is C[C@H](N)c1cc2cccc(Cl)c2c(=O)n1-c1cccc(C2(C)OB(c3cccc(S(N)(=O)=O)c3)OC2(C)C)c1. The number of nitrogens with zero attached hydrogens (tertiary/aromatic N) is 1. The van der Waals surface area contributed by atoms with Crippen molar-refractivity contribution in [3.8, 4) is 5.69 Å². The summed E-state index contributed by atoms with van der Waals surface area (Å²) in [5.41, 5.74) is 6.76. The lowest BCUT2D eigenvalue weighted by molar-refractivity contribution is -0.0133. The lowest BCUT2D eigenvalue weighted by atomic mass is 9.79. The molecule has 1 aliphatic rings. The second-order valence-corrected chi connectivity index (χ2v) is 12.5. The predicted octanol–water partition coefficient (Wildman–Crippen LogP) is 3.75. The van der Waals surface area contributed by atoms with E-state index in [2.05, 4.69) is 0 Å². The fraction of sp³-hybridized carbons (Fsp3) is 0.250. The number of hydrogen-bond acceptors (Lipinski definition) is 6. The Labute approximate surface area is 232 Å². The maximum Gasteiger partial charge on any atom is 0.495 e. The number of hydrogen-bond donors (Lipinski definition) is 2. The molecule has 0 saturated carbocycles. The Kier molecular flexibility index (Phi) is 6.78. The molecule has 0 radical (unpaired) electrons. The van der Waals surface area contributed by atoms with E-state index in [1.165, 1.54) is 12.1 Å². The van der Waals surface area contributed by atoms with Crippen LogP contribution in [0.15, 0.2) is 82.5 Å². The van der Waals surface area contributed by atoms with Gasteiger partial charge in [-0.15, -0.1) is 0 Å². The average molecular weight is 566 g/mol. The minimum atomic E-state index is -3.90. The first-order valence-corrected chi connectivity index (χ1v) is 14.3. The van der Waals surface area contributed by atoms with Gasteiger partial charge in [-0.1, -0.05) is 48.0 Å². The molecule has 202 valence electrons. The van der Waals surface area contributed by atoms with Crippen LogP contribution in [0.2, 0.25) is 5.02 Å². The van der Waals surface area contributed by atoms with Crippen LogP contribution in [-0.2, 0) is 24.9 Å². The van der Waals surface area contributed by atoms with Gasteiger partial charge in [-0.3, -0.25) is 9.36 Å². The van der Waals surface area contributed by atoms with Crippen molar-refractivity contribution in [2.45, 2.75) is 49.8 Å². The summed E-state index contributed by atoms with van der Waals surface area (Å²) in [6.45, 7) is 7.53. The molecular formula is C28H29BClN3O5S. The van der Waals surface area contributed by atoms with E-state index in [4.69, 9.17) is 31.8 Å². The molecular weight excluding hydrogens is 537 g/mol. The number of fused-ring (bicyclic) bond motifs is 1. The van der Waals surface area contributed by atoms with Crippen LogP contribution >= 0.6 is 11.6 Å². The molecule has 4 N–H and O–H groups in total. The highest BCUT2D eigenvalue weighted by Crippen LogP contribution is 2.45. The summed E-state index contributed by atoms with van der Waals surface area (Å²) in [5, 5.41) is 6.83. The van der Waals surface area contributed by atoms with Crippen molar-refractivity contribution in [1.29, 1.82) is 0 Å². The van der Waals surface area contributed by atoms with Crippen molar-refractivity contribution in [1.82, 2.24) is 4.57 Å². The normalized spacial score (nSPS) is 19.9. The van der Waals surface area contributed by atoms with Crippen LogP contribution in [0.25, 0.3) is 16.5 Å². The lowest BCUT2D eigenvalue weighted by Crippen LogP contribution is -2.42. The molecule has 2 atom stereocenters. The average Bonchev–Trinajstić information content (AvgIpc) is 3.13. The second-order valence-electron chi connectivity index (χ2n) is 10.5. The van der Waals surface area contributed by atoms with Crippen LogP contribution in [-0.4, -0.2) is 25.7 Å². The summed E-state index contributed by atoms with van der Waals surface area (Å²) < 4.78 is 38.2. The summed E-state index contributed by atoms with van der Waals surface area (Å²) in [7, 11) is -4.75. The van der Waals surface area contributed by atoms with Gasteiger partial charge in [0, 0.05) is 17.4 Å². The summed E-state index contributed by atoms with van der Waals surface area (Å²) in [4.78, 5) is 13.7. The largest absolute Gasteiger partial charge is 0.495 e. The van der Waals surface area contributed by atoms with Crippen molar-refractivity contribution in [2.75, 3.05) is 0 Å². The predicted molar refractivity (Wildman–Crippen MR) is 154 cm³/mol. The van der Waals surface area contributed by atoms with Crippen molar-refractivity contribution >= 4 is 45.0 Å². The van der Waals surface area contributed by atoms with Gasteiger partial charge >= 0.3 is 7.12 Å². The van der Waals surface area contributed by atoms with E-state index in [9.17, 15) is 13.2 Å². The first-order valence-electron chi connectivity index (χ1n) is 12.4. The Morgan fingerprint density at radius 1 is 0.974 bits per heavy atom. The fourth-order valence-corrected chi connectivity index (χ4v) is 5.86. The third-order valence-electron chi connectivity index (χ3n) is 7.50. The number of aromatic nitrogens is 1. The monoisotopic (exact) mass is 565 g/mol. The van der Waals surface area contributed by atoms with E-state index in [0.717, 1.165) is 10.9 Å². The zero-order valence-electron chi connectivity index (χ0n) is 22.0. The van der Waals surface area contributed by atoms with Gasteiger partial charge in [0.15, 0.2) is 0 Å². The molecule has 0 spiro atoms. The highest BCUT2D eigenvalue weighted by atomic mass is 35.5. The van der Waals surface area contributed by atoms with Crippen LogP contribution < -0.4 is 21.9 Å². The van der Waals surface area contributed by atoms with Gasteiger partial charge in [0.2, 0.25) is 10.0 Å². The minimum absolute atomic E-state index is 0.0293. The number of primary sulfonamides is 1. The van der Waals surface area contributed by atoms with Crippen LogP contribution in [0, 0.1) is 0 Å². The van der Waals surface area contributed by atoms with E-state index in [0.29, 0.717) is 27.3 Å². The van der Waals surface area contributed by atoms with E-state index in [-0.39, 0.29) is 10.5 Å². The van der Waals surface area contributed by atoms with E-state index >= 15 is 0 Å². The minimum Gasteiger partial charge on any atom is -0.399 e. The molecule has 0 aliphatic carbocycles. The number of benzene rings is 3. The molecule has 4 aromatic rings. The van der Waals surface area contributed by atoms with Gasteiger partial charge in [0.05, 0.1) is 20.9 Å². The van der Waals surface area contributed by atoms with E-state index in [1.807, 2.05) is 64.1 Å². The highest BCUT2D eigenvalue weighted by molar-refractivity contribution is 7.89. The van der Waals surface area contributed by atoms with Gasteiger partial charge < -0.3 is 15.0 Å². The fourth-order valence-electron chi connectivity index (χ4n) is 5.03. The second kappa shape index (κ2) is 9.58. The third-order valence-corrected chi connectivity index (χ3v) is 8.72. The van der Waals surface area contributed by atoms with Crippen molar-refractivity contribution in [2.24, 2.45) is 10.9 Å². The molecule has 1 fully saturated rings.